The average Bonchev–Trinajstić information content (AvgIpc) is 2.50. The van der Waals surface area contributed by atoms with Gasteiger partial charge in [-0.15, -0.1) is 0 Å². The summed E-state index contributed by atoms with van der Waals surface area (Å²) in [4.78, 5) is 29.3. The Morgan fingerprint density at radius 1 is 1.17 bits per heavy atom. The number of thioether (sulfide) groups is 1. The molecule has 24 heavy (non-hydrogen) atoms. The van der Waals surface area contributed by atoms with Crippen LogP contribution < -0.4 is 16.1 Å². The smallest absolute Gasteiger partial charge is 0.354 e. The Morgan fingerprint density at radius 2 is 1.79 bits per heavy atom. The van der Waals surface area contributed by atoms with Crippen LogP contribution in [0.15, 0.2) is 39.0 Å². The lowest BCUT2D eigenvalue weighted by Crippen LogP contribution is -2.49. The summed E-state index contributed by atoms with van der Waals surface area (Å²) in [5, 5.41) is 0.448. The summed E-state index contributed by atoms with van der Waals surface area (Å²) in [6.07, 6.45) is 0. The molecule has 2 aromatic rings. The molecule has 0 radical (unpaired) electrons. The van der Waals surface area contributed by atoms with Gasteiger partial charge in [-0.1, -0.05) is 30.8 Å². The van der Waals surface area contributed by atoms with E-state index in [-0.39, 0.29) is 5.69 Å². The second-order valence-corrected chi connectivity index (χ2v) is 7.56. The molecule has 1 aromatic heterocycles. The third-order valence-corrected chi connectivity index (χ3v) is 4.34. The molecule has 0 amide bonds. The van der Waals surface area contributed by atoms with Gasteiger partial charge in [-0.25, -0.2) is 14.2 Å². The van der Waals surface area contributed by atoms with Crippen LogP contribution in [0.25, 0.3) is 0 Å². The molecule has 6 nitrogen and oxygen atoms in total. The summed E-state index contributed by atoms with van der Waals surface area (Å²) in [7, 11) is 1.61. The average molecular weight is 349 g/mol. The fourth-order valence-electron chi connectivity index (χ4n) is 2.34. The van der Waals surface area contributed by atoms with Crippen LogP contribution in [0.3, 0.4) is 0 Å². The van der Waals surface area contributed by atoms with Gasteiger partial charge in [0.2, 0.25) is 0 Å². The molecule has 0 saturated carbocycles. The number of ether oxygens (including phenoxy) is 1. The Labute approximate surface area is 145 Å². The van der Waals surface area contributed by atoms with Gasteiger partial charge in [0.05, 0.1) is 13.7 Å². The summed E-state index contributed by atoms with van der Waals surface area (Å²) < 4.78 is 7.92. The van der Waals surface area contributed by atoms with Gasteiger partial charge in [0, 0.05) is 5.54 Å². The zero-order valence-corrected chi connectivity index (χ0v) is 15.5. The van der Waals surface area contributed by atoms with E-state index in [1.54, 1.807) is 11.7 Å². The molecule has 0 saturated heterocycles. The third kappa shape index (κ3) is 3.90. The number of hydrogen-bond acceptors (Lipinski definition) is 5. The Balaban J connectivity index is 2.57. The third-order valence-electron chi connectivity index (χ3n) is 3.48. The Kier molecular flexibility index (Phi) is 5.54. The molecule has 0 spiro atoms. The second-order valence-electron chi connectivity index (χ2n) is 6.33. The molecule has 7 heteroatoms. The number of hydrogen-bond donors (Lipinski definition) is 0. The van der Waals surface area contributed by atoms with Crippen molar-refractivity contribution < 1.29 is 4.74 Å². The van der Waals surface area contributed by atoms with Crippen molar-refractivity contribution in [1.29, 1.82) is 0 Å². The topological polar surface area (TPSA) is 66.1 Å². The first-order valence-electron chi connectivity index (χ1n) is 7.78. The van der Waals surface area contributed by atoms with E-state index < -0.39 is 11.2 Å². The highest BCUT2D eigenvalue weighted by atomic mass is 32.2. The van der Waals surface area contributed by atoms with Crippen LogP contribution in [0, 0.1) is 0 Å². The predicted octanol–water partition coefficient (Wildman–Crippen LogP) is 2.33. The summed E-state index contributed by atoms with van der Waals surface area (Å²) in [6.45, 7) is 7.78. The predicted molar refractivity (Wildman–Crippen MR) is 96.2 cm³/mol. The van der Waals surface area contributed by atoms with E-state index in [0.29, 0.717) is 11.7 Å². The van der Waals surface area contributed by atoms with Gasteiger partial charge in [-0.3, -0.25) is 4.57 Å². The van der Waals surface area contributed by atoms with Crippen LogP contribution in [0.1, 0.15) is 33.3 Å². The highest BCUT2D eigenvalue weighted by molar-refractivity contribution is 7.99. The number of aromatic nitrogens is 3. The lowest BCUT2D eigenvalue weighted by Gasteiger charge is -2.22. The van der Waals surface area contributed by atoms with Gasteiger partial charge in [0.25, 0.3) is 0 Å². The van der Waals surface area contributed by atoms with Gasteiger partial charge >= 0.3 is 11.4 Å². The highest BCUT2D eigenvalue weighted by Crippen LogP contribution is 2.17. The number of benzene rings is 1. The van der Waals surface area contributed by atoms with Crippen molar-refractivity contribution in [3.8, 4) is 5.75 Å². The van der Waals surface area contributed by atoms with Gasteiger partial charge in [0.1, 0.15) is 5.75 Å². The first-order valence-corrected chi connectivity index (χ1v) is 8.76. The monoisotopic (exact) mass is 349 g/mol. The molecule has 0 unspecified atom stereocenters. The van der Waals surface area contributed by atoms with Crippen molar-refractivity contribution in [2.24, 2.45) is 0 Å². The Bertz CT molecular complexity index is 817. The largest absolute Gasteiger partial charge is 0.497 e. The maximum atomic E-state index is 12.9. The summed E-state index contributed by atoms with van der Waals surface area (Å²) in [5.41, 5.74) is -0.529. The molecule has 2 rings (SSSR count). The Morgan fingerprint density at radius 3 is 2.29 bits per heavy atom. The van der Waals surface area contributed by atoms with Crippen molar-refractivity contribution >= 4 is 11.8 Å². The minimum atomic E-state index is -0.627. The van der Waals surface area contributed by atoms with Gasteiger partial charge < -0.3 is 4.74 Å². The first kappa shape index (κ1) is 18.3. The zero-order chi connectivity index (χ0) is 17.9. The minimum absolute atomic E-state index is 0.339. The van der Waals surface area contributed by atoms with E-state index in [2.05, 4.69) is 4.98 Å². The van der Waals surface area contributed by atoms with Crippen LogP contribution in [0.4, 0.5) is 0 Å². The van der Waals surface area contributed by atoms with Crippen LogP contribution in [0.2, 0.25) is 0 Å². The van der Waals surface area contributed by atoms with Crippen molar-refractivity contribution in [2.75, 3.05) is 12.9 Å². The molecule has 0 aliphatic rings. The van der Waals surface area contributed by atoms with Crippen molar-refractivity contribution in [3.63, 3.8) is 0 Å². The van der Waals surface area contributed by atoms with Crippen molar-refractivity contribution in [3.05, 3.63) is 50.8 Å². The molecule has 0 aliphatic heterocycles. The minimum Gasteiger partial charge on any atom is -0.497 e. The SMILES string of the molecule is CCSc1nc(=O)n(C(C)(C)C)c(=O)n1Cc1ccc(OC)cc1. The van der Waals surface area contributed by atoms with E-state index in [1.807, 2.05) is 52.0 Å². The van der Waals surface area contributed by atoms with Crippen molar-refractivity contribution in [1.82, 2.24) is 14.1 Å². The summed E-state index contributed by atoms with van der Waals surface area (Å²) in [5.74, 6) is 1.49. The van der Waals surface area contributed by atoms with Crippen LogP contribution >= 0.6 is 11.8 Å². The normalized spacial score (nSPS) is 11.5. The molecule has 0 aliphatic carbocycles. The lowest BCUT2D eigenvalue weighted by molar-refractivity contribution is 0.336. The van der Waals surface area contributed by atoms with E-state index in [9.17, 15) is 9.59 Å². The van der Waals surface area contributed by atoms with Gasteiger partial charge in [0.15, 0.2) is 5.16 Å². The second kappa shape index (κ2) is 7.25. The zero-order valence-electron chi connectivity index (χ0n) is 14.7. The molecule has 1 aromatic carbocycles. The molecule has 1 heterocycles. The Hall–Kier alpha value is -2.02. The maximum Gasteiger partial charge on any atom is 0.354 e. The van der Waals surface area contributed by atoms with Gasteiger partial charge in [-0.05, 0) is 44.2 Å². The van der Waals surface area contributed by atoms with E-state index in [0.717, 1.165) is 17.1 Å². The van der Waals surface area contributed by atoms with Crippen LogP contribution in [-0.4, -0.2) is 27.0 Å². The highest BCUT2D eigenvalue weighted by Gasteiger charge is 2.22. The first-order chi connectivity index (χ1) is 11.3. The molecular formula is C17H23N3O3S. The molecular weight excluding hydrogens is 326 g/mol. The number of methoxy groups -OCH3 is 1. The number of rotatable bonds is 5. The lowest BCUT2D eigenvalue weighted by atomic mass is 10.1. The maximum absolute atomic E-state index is 12.9. The van der Waals surface area contributed by atoms with Crippen molar-refractivity contribution in [2.45, 2.75) is 44.9 Å². The summed E-state index contributed by atoms with van der Waals surface area (Å²) in [6, 6.07) is 7.50. The van der Waals surface area contributed by atoms with Crippen LogP contribution in [-0.2, 0) is 12.1 Å². The van der Waals surface area contributed by atoms with E-state index in [1.165, 1.54) is 16.3 Å². The number of nitrogens with zero attached hydrogens (tertiary/aromatic N) is 3. The quantitative estimate of drug-likeness (QED) is 0.775. The van der Waals surface area contributed by atoms with E-state index >= 15 is 0 Å². The standard InChI is InChI=1S/C17H23N3O3S/c1-6-24-15-18-14(21)20(17(2,3)4)16(22)19(15)11-12-7-9-13(23-5)10-8-12/h7-10H,6,11H2,1-5H3. The summed E-state index contributed by atoms with van der Waals surface area (Å²) >= 11 is 1.39. The fourth-order valence-corrected chi connectivity index (χ4v) is 3.04. The van der Waals surface area contributed by atoms with E-state index in [4.69, 9.17) is 4.74 Å². The van der Waals surface area contributed by atoms with Crippen LogP contribution in [0.5, 0.6) is 5.75 Å². The molecule has 130 valence electrons. The molecule has 0 bridgehead atoms. The fraction of sp³-hybridized carbons (Fsp3) is 0.471. The molecule has 0 fully saturated rings. The molecule has 0 atom stereocenters. The van der Waals surface area contributed by atoms with Gasteiger partial charge in [-0.2, -0.15) is 4.98 Å². The molecule has 0 N–H and O–H groups in total.